The number of hydrogen-bond donors (Lipinski definition) is 2. The molecule has 2 N–H and O–H groups in total. The van der Waals surface area contributed by atoms with E-state index in [0.717, 1.165) is 6.42 Å². The summed E-state index contributed by atoms with van der Waals surface area (Å²) in [4.78, 5) is 23.4. The highest BCUT2D eigenvalue weighted by Gasteiger charge is 2.54. The number of amides is 1. The molecule has 2 aromatic rings. The minimum atomic E-state index is -0.979. The Morgan fingerprint density at radius 1 is 1.09 bits per heavy atom. The summed E-state index contributed by atoms with van der Waals surface area (Å²) in [6.45, 7) is 0. The van der Waals surface area contributed by atoms with E-state index in [2.05, 4.69) is 35.6 Å². The predicted molar refractivity (Wildman–Crippen MR) is 82.5 cm³/mol. The van der Waals surface area contributed by atoms with Crippen LogP contribution in [-0.4, -0.2) is 22.5 Å². The molecule has 0 heterocycles. The molecular weight excluding hydrogens is 278 g/mol. The maximum absolute atomic E-state index is 12.2. The van der Waals surface area contributed by atoms with Crippen molar-refractivity contribution in [3.63, 3.8) is 0 Å². The highest BCUT2D eigenvalue weighted by atomic mass is 16.4. The fourth-order valence-corrected chi connectivity index (χ4v) is 3.14. The molecule has 2 atom stereocenters. The van der Waals surface area contributed by atoms with Crippen molar-refractivity contribution in [2.75, 3.05) is 0 Å². The van der Waals surface area contributed by atoms with E-state index in [0.29, 0.717) is 12.8 Å². The van der Waals surface area contributed by atoms with E-state index in [1.165, 1.54) is 16.3 Å². The maximum atomic E-state index is 12.2. The van der Waals surface area contributed by atoms with Gasteiger partial charge in [0.1, 0.15) is 5.54 Å². The summed E-state index contributed by atoms with van der Waals surface area (Å²) in [5, 5.41) is 14.2. The average molecular weight is 295 g/mol. The van der Waals surface area contributed by atoms with Crippen LogP contribution >= 0.6 is 0 Å². The van der Waals surface area contributed by atoms with Crippen LogP contribution in [0.3, 0.4) is 0 Å². The topological polar surface area (TPSA) is 66.4 Å². The molecule has 0 saturated heterocycles. The average Bonchev–Trinajstić information content (AvgIpc) is 3.40. The second-order valence-electron chi connectivity index (χ2n) is 6.43. The van der Waals surface area contributed by atoms with Gasteiger partial charge in [-0.25, -0.2) is 4.79 Å². The van der Waals surface area contributed by atoms with Crippen molar-refractivity contribution in [2.45, 2.75) is 30.7 Å². The van der Waals surface area contributed by atoms with Crippen LogP contribution < -0.4 is 5.32 Å². The third-order valence-corrected chi connectivity index (χ3v) is 4.85. The summed E-state index contributed by atoms with van der Waals surface area (Å²) in [5.74, 6) is -0.894. The van der Waals surface area contributed by atoms with Gasteiger partial charge in [-0.05, 0) is 41.5 Å². The molecule has 0 radical (unpaired) electrons. The molecule has 2 saturated carbocycles. The first-order valence-corrected chi connectivity index (χ1v) is 7.63. The Hall–Kier alpha value is -2.36. The van der Waals surface area contributed by atoms with Crippen LogP contribution in [0.4, 0.5) is 0 Å². The molecule has 0 aliphatic heterocycles. The lowest BCUT2D eigenvalue weighted by atomic mass is 10.0. The number of carbonyl (C=O) groups excluding carboxylic acids is 1. The zero-order valence-electron chi connectivity index (χ0n) is 12.1. The standard InChI is InChI=1S/C18H17NO3/c20-16(19-18(7-8-18)17(21)22)15-10-14(15)13-6-5-11-3-1-2-4-12(11)9-13/h1-6,9,14-15H,7-8,10H2,(H,19,20)(H,21,22). The van der Waals surface area contributed by atoms with Gasteiger partial charge in [0, 0.05) is 5.92 Å². The first kappa shape index (κ1) is 13.3. The molecule has 22 heavy (non-hydrogen) atoms. The normalized spacial score (nSPS) is 24.7. The zero-order chi connectivity index (χ0) is 15.3. The van der Waals surface area contributed by atoms with Crippen molar-refractivity contribution in [3.8, 4) is 0 Å². The molecule has 2 aliphatic carbocycles. The smallest absolute Gasteiger partial charge is 0.329 e. The number of carboxylic acids is 1. The van der Waals surface area contributed by atoms with Gasteiger partial charge in [-0.1, -0.05) is 42.5 Å². The number of benzene rings is 2. The van der Waals surface area contributed by atoms with Crippen molar-refractivity contribution >= 4 is 22.6 Å². The van der Waals surface area contributed by atoms with E-state index in [1.54, 1.807) is 0 Å². The Bertz CT molecular complexity index is 779. The Morgan fingerprint density at radius 3 is 2.50 bits per heavy atom. The molecule has 2 fully saturated rings. The van der Waals surface area contributed by atoms with E-state index < -0.39 is 11.5 Å². The number of rotatable bonds is 4. The summed E-state index contributed by atoms with van der Waals surface area (Å²) >= 11 is 0. The molecule has 4 heteroatoms. The first-order valence-electron chi connectivity index (χ1n) is 7.63. The van der Waals surface area contributed by atoms with Gasteiger partial charge < -0.3 is 10.4 Å². The second-order valence-corrected chi connectivity index (χ2v) is 6.43. The number of nitrogens with one attached hydrogen (secondary N) is 1. The van der Waals surface area contributed by atoms with E-state index >= 15 is 0 Å². The van der Waals surface area contributed by atoms with Crippen molar-refractivity contribution in [1.29, 1.82) is 0 Å². The minimum Gasteiger partial charge on any atom is -0.480 e. The maximum Gasteiger partial charge on any atom is 0.329 e. The van der Waals surface area contributed by atoms with E-state index in [9.17, 15) is 9.59 Å². The molecule has 4 nitrogen and oxygen atoms in total. The third-order valence-electron chi connectivity index (χ3n) is 4.85. The molecule has 4 rings (SSSR count). The highest BCUT2D eigenvalue weighted by Crippen LogP contribution is 2.49. The SMILES string of the molecule is O=C(NC1(C(=O)O)CC1)C1CC1c1ccc2ccccc2c1. The minimum absolute atomic E-state index is 0.0852. The monoisotopic (exact) mass is 295 g/mol. The van der Waals surface area contributed by atoms with Gasteiger partial charge in [-0.15, -0.1) is 0 Å². The van der Waals surface area contributed by atoms with Crippen LogP contribution in [-0.2, 0) is 9.59 Å². The number of hydrogen-bond acceptors (Lipinski definition) is 2. The van der Waals surface area contributed by atoms with Gasteiger partial charge in [-0.3, -0.25) is 4.79 Å². The van der Waals surface area contributed by atoms with Crippen LogP contribution in [0.2, 0.25) is 0 Å². The summed E-state index contributed by atoms with van der Waals surface area (Å²) in [6, 6.07) is 14.4. The summed E-state index contributed by atoms with van der Waals surface area (Å²) < 4.78 is 0. The number of fused-ring (bicyclic) bond motifs is 1. The largest absolute Gasteiger partial charge is 0.480 e. The van der Waals surface area contributed by atoms with Crippen molar-refractivity contribution < 1.29 is 14.7 Å². The molecule has 2 aliphatic rings. The van der Waals surface area contributed by atoms with Gasteiger partial charge >= 0.3 is 5.97 Å². The Kier molecular flexibility index (Phi) is 2.76. The first-order chi connectivity index (χ1) is 10.6. The Labute approximate surface area is 128 Å². The third kappa shape index (κ3) is 2.15. The summed E-state index contributed by atoms with van der Waals surface area (Å²) in [6.07, 6.45) is 1.89. The zero-order valence-corrected chi connectivity index (χ0v) is 12.1. The number of carboxylic acid groups (broad SMARTS) is 1. The van der Waals surface area contributed by atoms with Crippen molar-refractivity contribution in [3.05, 3.63) is 48.0 Å². The van der Waals surface area contributed by atoms with Crippen LogP contribution in [0.15, 0.2) is 42.5 Å². The van der Waals surface area contributed by atoms with Gasteiger partial charge in [0.15, 0.2) is 0 Å². The molecule has 0 spiro atoms. The number of carbonyl (C=O) groups is 2. The fraction of sp³-hybridized carbons (Fsp3) is 0.333. The molecule has 0 bridgehead atoms. The Balaban J connectivity index is 1.49. The molecular formula is C18H17NO3. The van der Waals surface area contributed by atoms with E-state index in [-0.39, 0.29) is 17.7 Å². The molecule has 112 valence electrons. The van der Waals surface area contributed by atoms with Gasteiger partial charge in [0.25, 0.3) is 0 Å². The second kappa shape index (κ2) is 4.57. The Morgan fingerprint density at radius 2 is 1.82 bits per heavy atom. The van der Waals surface area contributed by atoms with Gasteiger partial charge in [0.05, 0.1) is 0 Å². The lowest BCUT2D eigenvalue weighted by molar-refractivity contribution is -0.143. The van der Waals surface area contributed by atoms with Gasteiger partial charge in [0.2, 0.25) is 5.91 Å². The molecule has 2 unspecified atom stereocenters. The van der Waals surface area contributed by atoms with Crippen LogP contribution in [0.25, 0.3) is 10.8 Å². The number of aliphatic carboxylic acids is 1. The lowest BCUT2D eigenvalue weighted by Crippen LogP contribution is -2.43. The van der Waals surface area contributed by atoms with Crippen molar-refractivity contribution in [1.82, 2.24) is 5.32 Å². The van der Waals surface area contributed by atoms with E-state index in [4.69, 9.17) is 5.11 Å². The van der Waals surface area contributed by atoms with Crippen LogP contribution in [0.1, 0.15) is 30.7 Å². The molecule has 2 aromatic carbocycles. The lowest BCUT2D eigenvalue weighted by Gasteiger charge is -2.12. The molecule has 1 amide bonds. The quantitative estimate of drug-likeness (QED) is 0.911. The van der Waals surface area contributed by atoms with Crippen LogP contribution in [0, 0.1) is 5.92 Å². The molecule has 0 aromatic heterocycles. The van der Waals surface area contributed by atoms with E-state index in [1.807, 2.05) is 12.1 Å². The fourth-order valence-electron chi connectivity index (χ4n) is 3.14. The highest BCUT2D eigenvalue weighted by molar-refractivity contribution is 5.92. The predicted octanol–water partition coefficient (Wildman–Crippen LogP) is 2.68. The van der Waals surface area contributed by atoms with Crippen LogP contribution in [0.5, 0.6) is 0 Å². The summed E-state index contributed by atoms with van der Waals surface area (Å²) in [5.41, 5.74) is 0.187. The van der Waals surface area contributed by atoms with Crippen molar-refractivity contribution in [2.24, 2.45) is 5.92 Å². The summed E-state index contributed by atoms with van der Waals surface area (Å²) in [7, 11) is 0. The van der Waals surface area contributed by atoms with Gasteiger partial charge in [-0.2, -0.15) is 0 Å².